The van der Waals surface area contributed by atoms with Crippen LogP contribution < -0.4 is 11.2 Å². The van der Waals surface area contributed by atoms with E-state index in [2.05, 4.69) is 9.97 Å². The first kappa shape index (κ1) is 12.7. The molecule has 0 aliphatic carbocycles. The smallest absolute Gasteiger partial charge is 0.301 e. The Kier molecular flexibility index (Phi) is 3.72. The molecule has 0 amide bonds. The minimum Gasteiger partial charge on any atom is -0.301 e. The van der Waals surface area contributed by atoms with Crippen LogP contribution in [-0.4, -0.2) is 9.97 Å². The maximum absolute atomic E-state index is 11.7. The van der Waals surface area contributed by atoms with Gasteiger partial charge in [-0.05, 0) is 25.0 Å². The number of hydrogen-bond acceptors (Lipinski definition) is 3. The first-order chi connectivity index (χ1) is 8.61. The molecule has 0 spiro atoms. The second kappa shape index (κ2) is 5.27. The molecule has 18 heavy (non-hydrogen) atoms. The van der Waals surface area contributed by atoms with Gasteiger partial charge in [0.05, 0.1) is 5.03 Å². The lowest BCUT2D eigenvalue weighted by Crippen LogP contribution is -2.26. The fourth-order valence-electron chi connectivity index (χ4n) is 1.68. The molecule has 2 rings (SSSR count). The minimum atomic E-state index is -0.465. The molecule has 0 unspecified atom stereocenters. The Morgan fingerprint density at radius 3 is 2.56 bits per heavy atom. The van der Waals surface area contributed by atoms with Crippen LogP contribution in [0.3, 0.4) is 0 Å². The molecule has 2 N–H and O–H groups in total. The van der Waals surface area contributed by atoms with Crippen LogP contribution in [-0.2, 0) is 6.42 Å². The van der Waals surface area contributed by atoms with Crippen LogP contribution in [0.15, 0.2) is 43.8 Å². The van der Waals surface area contributed by atoms with Gasteiger partial charge in [-0.2, -0.15) is 0 Å². The first-order valence-corrected chi connectivity index (χ1v) is 6.52. The number of nitrogens with one attached hydrogen (secondary N) is 2. The van der Waals surface area contributed by atoms with Gasteiger partial charge in [-0.25, -0.2) is 4.79 Å². The maximum atomic E-state index is 11.7. The van der Waals surface area contributed by atoms with Gasteiger partial charge in [0.2, 0.25) is 0 Å². The number of aromatic amines is 2. The number of rotatable bonds is 3. The molecule has 0 atom stereocenters. The van der Waals surface area contributed by atoms with Crippen LogP contribution in [0.1, 0.15) is 18.1 Å². The predicted octanol–water partition coefficient (Wildman–Crippen LogP) is 2.09. The van der Waals surface area contributed by atoms with Crippen LogP contribution in [0.5, 0.6) is 0 Å². The van der Waals surface area contributed by atoms with Crippen molar-refractivity contribution in [3.05, 3.63) is 56.2 Å². The second-order valence-corrected chi connectivity index (χ2v) is 4.99. The average molecular weight is 262 g/mol. The zero-order chi connectivity index (χ0) is 13.1. The molecule has 0 bridgehead atoms. The lowest BCUT2D eigenvalue weighted by Gasteiger charge is -2.07. The van der Waals surface area contributed by atoms with Gasteiger partial charge >= 0.3 is 5.69 Å². The van der Waals surface area contributed by atoms with Crippen LogP contribution in [0.2, 0.25) is 0 Å². The highest BCUT2D eigenvalue weighted by atomic mass is 32.2. The molecule has 1 aromatic carbocycles. The summed E-state index contributed by atoms with van der Waals surface area (Å²) in [5.74, 6) is 0. The summed E-state index contributed by atoms with van der Waals surface area (Å²) in [5.41, 5.74) is 0.958. The zero-order valence-corrected chi connectivity index (χ0v) is 11.1. The molecule has 1 aromatic heterocycles. The molecule has 0 saturated carbocycles. The molecule has 0 fully saturated rings. The Hall–Kier alpha value is -1.75. The van der Waals surface area contributed by atoms with E-state index in [1.807, 2.05) is 38.1 Å². The van der Waals surface area contributed by atoms with Crippen LogP contribution in [0, 0.1) is 6.92 Å². The molecule has 0 radical (unpaired) electrons. The summed E-state index contributed by atoms with van der Waals surface area (Å²) in [7, 11) is 0. The SMILES string of the molecule is CCc1c(Sc2ccccc2C)[nH]c(=O)[nH]c1=O. The third kappa shape index (κ3) is 2.56. The number of hydrogen-bond donors (Lipinski definition) is 2. The van der Waals surface area contributed by atoms with Gasteiger partial charge in [0.25, 0.3) is 5.56 Å². The Morgan fingerprint density at radius 2 is 1.89 bits per heavy atom. The summed E-state index contributed by atoms with van der Waals surface area (Å²) < 4.78 is 0. The van der Waals surface area contributed by atoms with Crippen molar-refractivity contribution in [2.24, 2.45) is 0 Å². The van der Waals surface area contributed by atoms with Crippen LogP contribution in [0.25, 0.3) is 0 Å². The van der Waals surface area contributed by atoms with Gasteiger partial charge < -0.3 is 4.98 Å². The number of benzene rings is 1. The topological polar surface area (TPSA) is 65.7 Å². The molecule has 0 aliphatic rings. The summed E-state index contributed by atoms with van der Waals surface area (Å²) >= 11 is 1.42. The van der Waals surface area contributed by atoms with Crippen molar-refractivity contribution in [3.63, 3.8) is 0 Å². The molecule has 1 heterocycles. The van der Waals surface area contributed by atoms with E-state index in [0.717, 1.165) is 10.5 Å². The lowest BCUT2D eigenvalue weighted by molar-refractivity contribution is 0.875. The van der Waals surface area contributed by atoms with Crippen molar-refractivity contribution in [1.29, 1.82) is 0 Å². The molecule has 94 valence electrons. The van der Waals surface area contributed by atoms with E-state index in [9.17, 15) is 9.59 Å². The van der Waals surface area contributed by atoms with Gasteiger partial charge in [0.15, 0.2) is 0 Å². The lowest BCUT2D eigenvalue weighted by atomic mass is 10.2. The zero-order valence-electron chi connectivity index (χ0n) is 10.2. The normalized spacial score (nSPS) is 10.6. The standard InChI is InChI=1S/C13H14N2O2S/c1-3-9-11(16)14-13(17)15-12(9)18-10-7-5-4-6-8(10)2/h4-7H,3H2,1-2H3,(H2,14,15,16,17). The summed E-state index contributed by atoms with van der Waals surface area (Å²) in [4.78, 5) is 29.0. The quantitative estimate of drug-likeness (QED) is 0.832. The van der Waals surface area contributed by atoms with Gasteiger partial charge in [-0.3, -0.25) is 9.78 Å². The van der Waals surface area contributed by atoms with E-state index in [4.69, 9.17) is 0 Å². The van der Waals surface area contributed by atoms with Crippen molar-refractivity contribution in [3.8, 4) is 0 Å². The van der Waals surface area contributed by atoms with Gasteiger partial charge in [0.1, 0.15) is 0 Å². The first-order valence-electron chi connectivity index (χ1n) is 5.70. The van der Waals surface area contributed by atoms with Crippen molar-refractivity contribution in [1.82, 2.24) is 9.97 Å². The van der Waals surface area contributed by atoms with Crippen LogP contribution in [0.4, 0.5) is 0 Å². The van der Waals surface area contributed by atoms with E-state index >= 15 is 0 Å². The summed E-state index contributed by atoms with van der Waals surface area (Å²) in [6.45, 7) is 3.89. The Bertz CT molecular complexity index is 673. The second-order valence-electron chi connectivity index (χ2n) is 3.94. The fraction of sp³-hybridized carbons (Fsp3) is 0.231. The third-order valence-electron chi connectivity index (χ3n) is 2.66. The van der Waals surface area contributed by atoms with E-state index < -0.39 is 5.69 Å². The maximum Gasteiger partial charge on any atom is 0.326 e. The molecule has 0 aliphatic heterocycles. The average Bonchev–Trinajstić information content (AvgIpc) is 2.31. The number of H-pyrrole nitrogens is 2. The highest BCUT2D eigenvalue weighted by molar-refractivity contribution is 7.99. The van der Waals surface area contributed by atoms with Crippen molar-refractivity contribution in [2.45, 2.75) is 30.2 Å². The summed E-state index contributed by atoms with van der Waals surface area (Å²) in [6.07, 6.45) is 0.584. The Morgan fingerprint density at radius 1 is 1.17 bits per heavy atom. The molecular weight excluding hydrogens is 248 g/mol. The minimum absolute atomic E-state index is 0.308. The van der Waals surface area contributed by atoms with Crippen molar-refractivity contribution < 1.29 is 0 Å². The monoisotopic (exact) mass is 262 g/mol. The predicted molar refractivity (Wildman–Crippen MR) is 72.4 cm³/mol. The molecule has 0 saturated heterocycles. The third-order valence-corrected chi connectivity index (χ3v) is 3.89. The highest BCUT2D eigenvalue weighted by Gasteiger charge is 2.10. The molecule has 2 aromatic rings. The van der Waals surface area contributed by atoms with E-state index in [-0.39, 0.29) is 5.56 Å². The highest BCUT2D eigenvalue weighted by Crippen LogP contribution is 2.29. The Labute approximate surface area is 108 Å². The summed E-state index contributed by atoms with van der Waals surface area (Å²) in [6, 6.07) is 7.87. The molecular formula is C13H14N2O2S. The largest absolute Gasteiger partial charge is 0.326 e. The van der Waals surface area contributed by atoms with E-state index in [0.29, 0.717) is 17.0 Å². The fourth-order valence-corrected chi connectivity index (χ4v) is 2.78. The number of aromatic nitrogens is 2. The molecule has 4 nitrogen and oxygen atoms in total. The number of aryl methyl sites for hydroxylation is 1. The van der Waals surface area contributed by atoms with E-state index in [1.54, 1.807) is 0 Å². The van der Waals surface area contributed by atoms with Crippen molar-refractivity contribution in [2.75, 3.05) is 0 Å². The Balaban J connectivity index is 2.50. The van der Waals surface area contributed by atoms with E-state index in [1.165, 1.54) is 11.8 Å². The van der Waals surface area contributed by atoms with Gasteiger partial charge in [0, 0.05) is 10.5 Å². The van der Waals surface area contributed by atoms with Crippen molar-refractivity contribution >= 4 is 11.8 Å². The molecule has 5 heteroatoms. The van der Waals surface area contributed by atoms with Crippen LogP contribution >= 0.6 is 11.8 Å². The van der Waals surface area contributed by atoms with Gasteiger partial charge in [-0.15, -0.1) is 0 Å². The summed E-state index contributed by atoms with van der Waals surface area (Å²) in [5, 5.41) is 0.626. The van der Waals surface area contributed by atoms with Gasteiger partial charge in [-0.1, -0.05) is 36.9 Å².